The molecule has 2 unspecified atom stereocenters. The standard InChI is InChI=1S/C18H28N2O/c1-3-13(2)17(19)18(21)20-16-11-9-15(10-12-16)14-7-5-4-6-8-14/h4-8,13,15-17H,3,9-12,19H2,1-2H3,(H,20,21). The highest BCUT2D eigenvalue weighted by molar-refractivity contribution is 5.82. The SMILES string of the molecule is CCC(C)C(N)C(=O)NC1CCC(c2ccccc2)CC1. The van der Waals surface area contributed by atoms with E-state index < -0.39 is 0 Å². The third kappa shape index (κ3) is 4.31. The number of rotatable bonds is 5. The summed E-state index contributed by atoms with van der Waals surface area (Å²) in [5.41, 5.74) is 7.42. The monoisotopic (exact) mass is 288 g/mol. The molecule has 3 nitrogen and oxygen atoms in total. The zero-order valence-corrected chi connectivity index (χ0v) is 13.2. The fourth-order valence-electron chi connectivity index (χ4n) is 3.11. The minimum Gasteiger partial charge on any atom is -0.352 e. The zero-order valence-electron chi connectivity index (χ0n) is 13.2. The van der Waals surface area contributed by atoms with Gasteiger partial charge in [0.2, 0.25) is 5.91 Å². The van der Waals surface area contributed by atoms with E-state index in [2.05, 4.69) is 42.6 Å². The van der Waals surface area contributed by atoms with E-state index in [-0.39, 0.29) is 17.9 Å². The highest BCUT2D eigenvalue weighted by atomic mass is 16.2. The first-order valence-electron chi connectivity index (χ1n) is 8.22. The van der Waals surface area contributed by atoms with Crippen molar-refractivity contribution in [3.63, 3.8) is 0 Å². The molecule has 3 heteroatoms. The Morgan fingerprint density at radius 3 is 2.43 bits per heavy atom. The van der Waals surface area contributed by atoms with Gasteiger partial charge in [0.1, 0.15) is 0 Å². The quantitative estimate of drug-likeness (QED) is 0.874. The van der Waals surface area contributed by atoms with Gasteiger partial charge in [-0.25, -0.2) is 0 Å². The van der Waals surface area contributed by atoms with Crippen molar-refractivity contribution in [1.29, 1.82) is 0 Å². The summed E-state index contributed by atoms with van der Waals surface area (Å²) in [5, 5.41) is 3.14. The highest BCUT2D eigenvalue weighted by Gasteiger charge is 2.26. The van der Waals surface area contributed by atoms with Crippen LogP contribution >= 0.6 is 0 Å². The van der Waals surface area contributed by atoms with Gasteiger partial charge in [-0.05, 0) is 43.1 Å². The lowest BCUT2D eigenvalue weighted by Gasteiger charge is -2.30. The van der Waals surface area contributed by atoms with E-state index >= 15 is 0 Å². The van der Waals surface area contributed by atoms with Crippen LogP contribution in [0.2, 0.25) is 0 Å². The van der Waals surface area contributed by atoms with E-state index in [0.29, 0.717) is 12.0 Å². The Labute approximate surface area is 128 Å². The van der Waals surface area contributed by atoms with Gasteiger partial charge in [-0.2, -0.15) is 0 Å². The van der Waals surface area contributed by atoms with Gasteiger partial charge in [-0.1, -0.05) is 50.6 Å². The van der Waals surface area contributed by atoms with Crippen molar-refractivity contribution in [2.24, 2.45) is 11.7 Å². The molecule has 1 aliphatic rings. The largest absolute Gasteiger partial charge is 0.352 e. The summed E-state index contributed by atoms with van der Waals surface area (Å²) >= 11 is 0. The Hall–Kier alpha value is -1.35. The molecular weight excluding hydrogens is 260 g/mol. The minimum absolute atomic E-state index is 0.0208. The third-order valence-corrected chi connectivity index (χ3v) is 4.90. The van der Waals surface area contributed by atoms with Gasteiger partial charge in [0.05, 0.1) is 6.04 Å². The predicted octanol–water partition coefficient (Wildman–Crippen LogP) is 3.20. The predicted molar refractivity (Wildman–Crippen MR) is 87.0 cm³/mol. The van der Waals surface area contributed by atoms with E-state index in [0.717, 1.165) is 32.1 Å². The van der Waals surface area contributed by atoms with Gasteiger partial charge in [-0.3, -0.25) is 4.79 Å². The van der Waals surface area contributed by atoms with Crippen molar-refractivity contribution in [2.45, 2.75) is 64.0 Å². The summed E-state index contributed by atoms with van der Waals surface area (Å²) in [6.45, 7) is 4.11. The van der Waals surface area contributed by atoms with Crippen LogP contribution in [0.5, 0.6) is 0 Å². The van der Waals surface area contributed by atoms with Crippen LogP contribution in [0.3, 0.4) is 0 Å². The Balaban J connectivity index is 1.80. The van der Waals surface area contributed by atoms with Gasteiger partial charge in [0, 0.05) is 6.04 Å². The van der Waals surface area contributed by atoms with Crippen LogP contribution in [0, 0.1) is 5.92 Å². The van der Waals surface area contributed by atoms with E-state index in [1.807, 2.05) is 6.92 Å². The molecule has 0 bridgehead atoms. The zero-order chi connectivity index (χ0) is 15.2. The topological polar surface area (TPSA) is 55.1 Å². The van der Waals surface area contributed by atoms with E-state index in [1.54, 1.807) is 0 Å². The van der Waals surface area contributed by atoms with Crippen LogP contribution in [0.4, 0.5) is 0 Å². The van der Waals surface area contributed by atoms with Crippen molar-refractivity contribution >= 4 is 5.91 Å². The molecule has 0 aromatic heterocycles. The van der Waals surface area contributed by atoms with Crippen LogP contribution in [-0.2, 0) is 4.79 Å². The molecule has 116 valence electrons. The molecule has 0 heterocycles. The van der Waals surface area contributed by atoms with Crippen molar-refractivity contribution in [3.8, 4) is 0 Å². The smallest absolute Gasteiger partial charge is 0.237 e. The molecule has 1 aliphatic carbocycles. The van der Waals surface area contributed by atoms with Crippen molar-refractivity contribution in [2.75, 3.05) is 0 Å². The van der Waals surface area contributed by atoms with Crippen LogP contribution in [-0.4, -0.2) is 18.0 Å². The Kier molecular flexibility index (Phi) is 5.80. The number of hydrogen-bond acceptors (Lipinski definition) is 2. The molecule has 21 heavy (non-hydrogen) atoms. The molecule has 1 amide bonds. The maximum Gasteiger partial charge on any atom is 0.237 e. The summed E-state index contributed by atoms with van der Waals surface area (Å²) in [6, 6.07) is 10.6. The molecule has 0 spiro atoms. The molecule has 2 atom stereocenters. The highest BCUT2D eigenvalue weighted by Crippen LogP contribution is 2.32. The number of amides is 1. The third-order valence-electron chi connectivity index (χ3n) is 4.90. The van der Waals surface area contributed by atoms with Gasteiger partial charge in [-0.15, -0.1) is 0 Å². The van der Waals surface area contributed by atoms with Crippen LogP contribution < -0.4 is 11.1 Å². The molecule has 0 saturated heterocycles. The first-order chi connectivity index (χ1) is 10.1. The lowest BCUT2D eigenvalue weighted by molar-refractivity contribution is -0.124. The fourth-order valence-corrected chi connectivity index (χ4v) is 3.11. The summed E-state index contributed by atoms with van der Waals surface area (Å²) < 4.78 is 0. The molecule has 1 aromatic rings. The van der Waals surface area contributed by atoms with Crippen LogP contribution in [0.1, 0.15) is 57.4 Å². The van der Waals surface area contributed by atoms with Gasteiger partial charge < -0.3 is 11.1 Å². The Morgan fingerprint density at radius 1 is 1.24 bits per heavy atom. The summed E-state index contributed by atoms with van der Waals surface area (Å²) in [7, 11) is 0. The first kappa shape index (κ1) is 16.0. The van der Waals surface area contributed by atoms with E-state index in [4.69, 9.17) is 5.73 Å². The molecule has 1 fully saturated rings. The number of carbonyl (C=O) groups is 1. The second kappa shape index (κ2) is 7.60. The number of hydrogen-bond donors (Lipinski definition) is 2. The van der Waals surface area contributed by atoms with Crippen molar-refractivity contribution in [3.05, 3.63) is 35.9 Å². The minimum atomic E-state index is -0.373. The average molecular weight is 288 g/mol. The maximum atomic E-state index is 12.1. The van der Waals surface area contributed by atoms with Gasteiger partial charge in [0.25, 0.3) is 0 Å². The number of carbonyl (C=O) groups excluding carboxylic acids is 1. The maximum absolute atomic E-state index is 12.1. The first-order valence-corrected chi connectivity index (χ1v) is 8.22. The van der Waals surface area contributed by atoms with Crippen LogP contribution in [0.15, 0.2) is 30.3 Å². The summed E-state index contributed by atoms with van der Waals surface area (Å²) in [5.74, 6) is 0.903. The summed E-state index contributed by atoms with van der Waals surface area (Å²) in [6.07, 6.45) is 5.34. The molecular formula is C18H28N2O. The fraction of sp³-hybridized carbons (Fsp3) is 0.611. The second-order valence-electron chi connectivity index (χ2n) is 6.38. The number of nitrogens with two attached hydrogens (primary N) is 1. The normalized spacial score (nSPS) is 25.1. The van der Waals surface area contributed by atoms with Crippen LogP contribution in [0.25, 0.3) is 0 Å². The Morgan fingerprint density at radius 2 is 1.86 bits per heavy atom. The number of benzene rings is 1. The number of nitrogens with one attached hydrogen (secondary N) is 1. The van der Waals surface area contributed by atoms with E-state index in [9.17, 15) is 4.79 Å². The average Bonchev–Trinajstić information content (AvgIpc) is 2.54. The Bertz CT molecular complexity index is 438. The molecule has 2 rings (SSSR count). The molecule has 3 N–H and O–H groups in total. The van der Waals surface area contributed by atoms with Gasteiger partial charge >= 0.3 is 0 Å². The lowest BCUT2D eigenvalue weighted by Crippen LogP contribution is -2.49. The molecule has 1 saturated carbocycles. The molecule has 0 radical (unpaired) electrons. The van der Waals surface area contributed by atoms with Crippen molar-refractivity contribution < 1.29 is 4.79 Å². The second-order valence-corrected chi connectivity index (χ2v) is 6.38. The van der Waals surface area contributed by atoms with Gasteiger partial charge in [0.15, 0.2) is 0 Å². The summed E-state index contributed by atoms with van der Waals surface area (Å²) in [4.78, 5) is 12.1. The molecule has 0 aliphatic heterocycles. The van der Waals surface area contributed by atoms with Crippen molar-refractivity contribution in [1.82, 2.24) is 5.32 Å². The lowest BCUT2D eigenvalue weighted by atomic mass is 9.81. The molecule has 1 aromatic carbocycles. The van der Waals surface area contributed by atoms with E-state index in [1.165, 1.54) is 5.56 Å².